The van der Waals surface area contributed by atoms with E-state index in [1.165, 1.54) is 32.1 Å². The van der Waals surface area contributed by atoms with E-state index in [9.17, 15) is 4.39 Å². The normalized spacial score (nSPS) is 28.1. The molecule has 1 aromatic carbocycles. The largest absolute Gasteiger partial charge is 0.329 e. The minimum absolute atomic E-state index is 0.151. The molecule has 1 aliphatic carbocycles. The molecule has 3 heteroatoms. The van der Waals surface area contributed by atoms with E-state index < -0.39 is 0 Å². The lowest BCUT2D eigenvalue weighted by Gasteiger charge is -2.44. The number of benzene rings is 1. The first-order chi connectivity index (χ1) is 10.2. The highest BCUT2D eigenvalue weighted by molar-refractivity contribution is 5.30. The molecule has 3 atom stereocenters. The summed E-state index contributed by atoms with van der Waals surface area (Å²) in [7, 11) is 0. The van der Waals surface area contributed by atoms with Crippen LogP contribution in [0.1, 0.15) is 49.3 Å². The SMILES string of the molecule is Cc1ccc(F)cc1C(CN)N1CCC2CCCCC2C1. The summed E-state index contributed by atoms with van der Waals surface area (Å²) in [5, 5.41) is 0. The maximum atomic E-state index is 13.6. The van der Waals surface area contributed by atoms with Crippen LogP contribution in [0.25, 0.3) is 0 Å². The second-order valence-corrected chi connectivity index (χ2v) is 6.84. The van der Waals surface area contributed by atoms with Crippen molar-refractivity contribution >= 4 is 0 Å². The molecule has 0 aromatic heterocycles. The van der Waals surface area contributed by atoms with Crippen LogP contribution in [0, 0.1) is 24.6 Å². The van der Waals surface area contributed by atoms with Gasteiger partial charge in [0.1, 0.15) is 5.82 Å². The third kappa shape index (κ3) is 3.14. The molecule has 1 saturated heterocycles. The highest BCUT2D eigenvalue weighted by Gasteiger charge is 2.34. The summed E-state index contributed by atoms with van der Waals surface area (Å²) in [4.78, 5) is 2.51. The first-order valence-corrected chi connectivity index (χ1v) is 8.39. The van der Waals surface area contributed by atoms with Crippen molar-refractivity contribution < 1.29 is 4.39 Å². The van der Waals surface area contributed by atoms with Crippen LogP contribution in [-0.4, -0.2) is 24.5 Å². The third-order valence-electron chi connectivity index (χ3n) is 5.59. The van der Waals surface area contributed by atoms with Crippen molar-refractivity contribution in [2.24, 2.45) is 17.6 Å². The van der Waals surface area contributed by atoms with Crippen LogP contribution in [0.3, 0.4) is 0 Å². The molecule has 116 valence electrons. The number of piperidine rings is 1. The van der Waals surface area contributed by atoms with Gasteiger partial charge in [-0.25, -0.2) is 4.39 Å². The fourth-order valence-electron chi connectivity index (χ4n) is 4.36. The van der Waals surface area contributed by atoms with Crippen molar-refractivity contribution in [1.29, 1.82) is 0 Å². The standard InChI is InChI=1S/C18H27FN2/c1-13-6-7-16(19)10-17(13)18(11-20)21-9-8-14-4-2-3-5-15(14)12-21/h6-7,10,14-15,18H,2-5,8-9,11-12,20H2,1H3. The van der Waals surface area contributed by atoms with Crippen molar-refractivity contribution in [3.8, 4) is 0 Å². The van der Waals surface area contributed by atoms with Crippen LogP contribution in [0.15, 0.2) is 18.2 Å². The van der Waals surface area contributed by atoms with Crippen molar-refractivity contribution in [3.05, 3.63) is 35.1 Å². The molecule has 0 bridgehead atoms. The fraction of sp³-hybridized carbons (Fsp3) is 0.667. The molecule has 2 N–H and O–H groups in total. The Kier molecular flexibility index (Phi) is 4.60. The summed E-state index contributed by atoms with van der Waals surface area (Å²) in [6, 6.07) is 5.27. The lowest BCUT2D eigenvalue weighted by molar-refractivity contribution is 0.0583. The molecule has 21 heavy (non-hydrogen) atoms. The predicted molar refractivity (Wildman–Crippen MR) is 84.6 cm³/mol. The second kappa shape index (κ2) is 6.45. The van der Waals surface area contributed by atoms with Gasteiger partial charge in [0.05, 0.1) is 0 Å². The maximum absolute atomic E-state index is 13.6. The Labute approximate surface area is 127 Å². The Hall–Kier alpha value is -0.930. The summed E-state index contributed by atoms with van der Waals surface area (Å²) in [6.45, 7) is 4.88. The Bertz CT molecular complexity index is 488. The molecule has 1 aromatic rings. The number of nitrogens with two attached hydrogens (primary N) is 1. The number of fused-ring (bicyclic) bond motifs is 1. The first-order valence-electron chi connectivity index (χ1n) is 8.39. The first kappa shape index (κ1) is 15.0. The van der Waals surface area contributed by atoms with Crippen molar-refractivity contribution in [1.82, 2.24) is 4.90 Å². The summed E-state index contributed by atoms with van der Waals surface area (Å²) < 4.78 is 13.6. The Balaban J connectivity index is 1.78. The van der Waals surface area contributed by atoms with Crippen LogP contribution in [0.5, 0.6) is 0 Å². The van der Waals surface area contributed by atoms with E-state index in [2.05, 4.69) is 11.8 Å². The second-order valence-electron chi connectivity index (χ2n) is 6.84. The van der Waals surface area contributed by atoms with E-state index in [0.717, 1.165) is 36.1 Å². The van der Waals surface area contributed by atoms with Crippen LogP contribution in [0.4, 0.5) is 4.39 Å². The summed E-state index contributed by atoms with van der Waals surface area (Å²) >= 11 is 0. The molecule has 0 amide bonds. The minimum atomic E-state index is -0.151. The molecule has 0 spiro atoms. The number of hydrogen-bond acceptors (Lipinski definition) is 2. The van der Waals surface area contributed by atoms with E-state index in [4.69, 9.17) is 5.73 Å². The molecule has 2 fully saturated rings. The van der Waals surface area contributed by atoms with Crippen LogP contribution >= 0.6 is 0 Å². The number of hydrogen-bond donors (Lipinski definition) is 1. The van der Waals surface area contributed by atoms with Crippen LogP contribution in [-0.2, 0) is 0 Å². The van der Waals surface area contributed by atoms with Crippen molar-refractivity contribution in [2.45, 2.75) is 45.1 Å². The maximum Gasteiger partial charge on any atom is 0.123 e. The van der Waals surface area contributed by atoms with Crippen molar-refractivity contribution in [2.75, 3.05) is 19.6 Å². The number of likely N-dealkylation sites (tertiary alicyclic amines) is 1. The quantitative estimate of drug-likeness (QED) is 0.921. The smallest absolute Gasteiger partial charge is 0.123 e. The Morgan fingerprint density at radius 2 is 2.00 bits per heavy atom. The number of aryl methyl sites for hydroxylation is 1. The van der Waals surface area contributed by atoms with Gasteiger partial charge in [-0.05, 0) is 61.4 Å². The van der Waals surface area contributed by atoms with E-state index in [-0.39, 0.29) is 11.9 Å². The van der Waals surface area contributed by atoms with Crippen molar-refractivity contribution in [3.63, 3.8) is 0 Å². The lowest BCUT2D eigenvalue weighted by atomic mass is 9.74. The van der Waals surface area contributed by atoms with E-state index in [1.54, 1.807) is 12.1 Å². The number of rotatable bonds is 3. The summed E-state index contributed by atoms with van der Waals surface area (Å²) in [5.74, 6) is 1.60. The summed E-state index contributed by atoms with van der Waals surface area (Å²) in [5.41, 5.74) is 8.28. The zero-order chi connectivity index (χ0) is 14.8. The molecule has 3 rings (SSSR count). The van der Waals surface area contributed by atoms with Gasteiger partial charge >= 0.3 is 0 Å². The monoisotopic (exact) mass is 290 g/mol. The summed E-state index contributed by atoms with van der Waals surface area (Å²) in [6.07, 6.45) is 6.84. The zero-order valence-corrected chi connectivity index (χ0v) is 13.0. The predicted octanol–water partition coefficient (Wildman–Crippen LogP) is 3.65. The van der Waals surface area contributed by atoms with Gasteiger partial charge < -0.3 is 5.73 Å². The van der Waals surface area contributed by atoms with Crippen LogP contribution in [0.2, 0.25) is 0 Å². The lowest BCUT2D eigenvalue weighted by Crippen LogP contribution is -2.45. The van der Waals surface area contributed by atoms with Gasteiger partial charge in [-0.15, -0.1) is 0 Å². The minimum Gasteiger partial charge on any atom is -0.329 e. The zero-order valence-electron chi connectivity index (χ0n) is 13.0. The molecule has 3 unspecified atom stereocenters. The molecule has 2 aliphatic rings. The highest BCUT2D eigenvalue weighted by atomic mass is 19.1. The van der Waals surface area contributed by atoms with Gasteiger partial charge in [0.15, 0.2) is 0 Å². The van der Waals surface area contributed by atoms with Crippen LogP contribution < -0.4 is 5.73 Å². The van der Waals surface area contributed by atoms with Gasteiger partial charge in [-0.1, -0.05) is 25.3 Å². The Morgan fingerprint density at radius 3 is 2.76 bits per heavy atom. The molecule has 2 nitrogen and oxygen atoms in total. The average molecular weight is 290 g/mol. The van der Waals surface area contributed by atoms with Gasteiger partial charge in [0.2, 0.25) is 0 Å². The van der Waals surface area contributed by atoms with E-state index in [1.807, 2.05) is 6.07 Å². The van der Waals surface area contributed by atoms with E-state index >= 15 is 0 Å². The molecule has 0 radical (unpaired) electrons. The number of nitrogens with zero attached hydrogens (tertiary/aromatic N) is 1. The topological polar surface area (TPSA) is 29.3 Å². The third-order valence-corrected chi connectivity index (χ3v) is 5.59. The van der Waals surface area contributed by atoms with E-state index in [0.29, 0.717) is 6.54 Å². The number of halogens is 1. The molecular weight excluding hydrogens is 263 g/mol. The molecular formula is C18H27FN2. The highest BCUT2D eigenvalue weighted by Crippen LogP contribution is 2.38. The van der Waals surface area contributed by atoms with Gasteiger partial charge in [-0.2, -0.15) is 0 Å². The van der Waals surface area contributed by atoms with Gasteiger partial charge in [0, 0.05) is 19.1 Å². The molecule has 1 aliphatic heterocycles. The average Bonchev–Trinajstić information content (AvgIpc) is 2.51. The fourth-order valence-corrected chi connectivity index (χ4v) is 4.36. The molecule has 1 saturated carbocycles. The van der Waals surface area contributed by atoms with Gasteiger partial charge in [0.25, 0.3) is 0 Å². The van der Waals surface area contributed by atoms with Gasteiger partial charge in [-0.3, -0.25) is 4.90 Å². The Morgan fingerprint density at radius 1 is 1.24 bits per heavy atom. The molecule has 1 heterocycles.